The summed E-state index contributed by atoms with van der Waals surface area (Å²) < 4.78 is 11.3. The molecule has 3 rings (SSSR count). The normalized spacial score (nSPS) is 10.4. The molecule has 3 aromatic rings. The Labute approximate surface area is 174 Å². The summed E-state index contributed by atoms with van der Waals surface area (Å²) in [5.74, 6) is 1.94. The average Bonchev–Trinajstić information content (AvgIpc) is 2.69. The molecule has 28 heavy (non-hydrogen) atoms. The van der Waals surface area contributed by atoms with Crippen LogP contribution in [0.3, 0.4) is 0 Å². The molecule has 1 N–H and O–H groups in total. The number of hydrogen-bond acceptors (Lipinski definition) is 3. The van der Waals surface area contributed by atoms with Gasteiger partial charge in [0.25, 0.3) is 0 Å². The van der Waals surface area contributed by atoms with E-state index < -0.39 is 0 Å². The zero-order valence-corrected chi connectivity index (χ0v) is 16.5. The molecule has 1 amide bonds. The maximum atomic E-state index is 12.1. The van der Waals surface area contributed by atoms with Crippen molar-refractivity contribution >= 4 is 34.8 Å². The molecule has 144 valence electrons. The SMILES string of the molecule is O=C(CCCOc1ccc(Cl)cc1Cl)Nc1ccc(Oc2ccccc2)cc1. The first-order valence-corrected chi connectivity index (χ1v) is 9.56. The highest BCUT2D eigenvalue weighted by Crippen LogP contribution is 2.27. The molecule has 0 aliphatic carbocycles. The van der Waals surface area contributed by atoms with Gasteiger partial charge in [-0.2, -0.15) is 0 Å². The number of anilines is 1. The number of carbonyl (C=O) groups excluding carboxylic acids is 1. The summed E-state index contributed by atoms with van der Waals surface area (Å²) in [6.07, 6.45) is 0.910. The van der Waals surface area contributed by atoms with Gasteiger partial charge in [0.1, 0.15) is 17.2 Å². The summed E-state index contributed by atoms with van der Waals surface area (Å²) in [6.45, 7) is 0.388. The van der Waals surface area contributed by atoms with Gasteiger partial charge in [-0.1, -0.05) is 41.4 Å². The zero-order valence-electron chi connectivity index (χ0n) is 15.0. The van der Waals surface area contributed by atoms with E-state index in [1.807, 2.05) is 42.5 Å². The molecule has 0 aliphatic rings. The summed E-state index contributed by atoms with van der Waals surface area (Å²) in [7, 11) is 0. The van der Waals surface area contributed by atoms with Crippen LogP contribution in [0.2, 0.25) is 10.0 Å². The van der Waals surface area contributed by atoms with Crippen LogP contribution in [0.1, 0.15) is 12.8 Å². The average molecular weight is 416 g/mol. The van der Waals surface area contributed by atoms with E-state index in [1.54, 1.807) is 30.3 Å². The molecule has 0 bridgehead atoms. The van der Waals surface area contributed by atoms with E-state index in [0.717, 1.165) is 5.75 Å². The van der Waals surface area contributed by atoms with E-state index in [9.17, 15) is 4.79 Å². The van der Waals surface area contributed by atoms with Crippen molar-refractivity contribution in [2.45, 2.75) is 12.8 Å². The van der Waals surface area contributed by atoms with Crippen LogP contribution in [-0.4, -0.2) is 12.5 Å². The Balaban J connectivity index is 1.40. The van der Waals surface area contributed by atoms with Gasteiger partial charge in [0.2, 0.25) is 5.91 Å². The molecule has 0 aromatic heterocycles. The standard InChI is InChI=1S/C22H19Cl2NO3/c23-16-8-13-21(20(24)15-16)27-14-4-7-22(26)25-17-9-11-19(12-10-17)28-18-5-2-1-3-6-18/h1-3,5-6,8-13,15H,4,7,14H2,(H,25,26). The number of nitrogens with one attached hydrogen (secondary N) is 1. The van der Waals surface area contributed by atoms with Gasteiger partial charge in [-0.25, -0.2) is 0 Å². The number of ether oxygens (including phenoxy) is 2. The number of halogens is 2. The second-order valence-corrected chi connectivity index (χ2v) is 6.86. The molecule has 4 nitrogen and oxygen atoms in total. The summed E-state index contributed by atoms with van der Waals surface area (Å²) >= 11 is 11.9. The van der Waals surface area contributed by atoms with E-state index in [-0.39, 0.29) is 5.91 Å². The molecule has 0 saturated carbocycles. The van der Waals surface area contributed by atoms with E-state index in [2.05, 4.69) is 5.32 Å². The van der Waals surface area contributed by atoms with Crippen LogP contribution in [0.15, 0.2) is 72.8 Å². The largest absolute Gasteiger partial charge is 0.492 e. The van der Waals surface area contributed by atoms with E-state index in [0.29, 0.717) is 46.7 Å². The lowest BCUT2D eigenvalue weighted by Gasteiger charge is -2.09. The van der Waals surface area contributed by atoms with Crippen LogP contribution in [0.5, 0.6) is 17.2 Å². The van der Waals surface area contributed by atoms with Gasteiger partial charge >= 0.3 is 0 Å². The van der Waals surface area contributed by atoms with Crippen molar-refractivity contribution in [3.63, 3.8) is 0 Å². The predicted molar refractivity (Wildman–Crippen MR) is 113 cm³/mol. The highest BCUT2D eigenvalue weighted by atomic mass is 35.5. The van der Waals surface area contributed by atoms with Crippen molar-refractivity contribution in [1.29, 1.82) is 0 Å². The second kappa shape index (κ2) is 10.0. The summed E-state index contributed by atoms with van der Waals surface area (Å²) in [5.41, 5.74) is 0.715. The molecule has 0 unspecified atom stereocenters. The van der Waals surface area contributed by atoms with Crippen molar-refractivity contribution in [2.24, 2.45) is 0 Å². The third kappa shape index (κ3) is 6.19. The van der Waals surface area contributed by atoms with Gasteiger partial charge in [-0.15, -0.1) is 0 Å². The lowest BCUT2D eigenvalue weighted by molar-refractivity contribution is -0.116. The highest BCUT2D eigenvalue weighted by Gasteiger charge is 2.05. The van der Waals surface area contributed by atoms with Crippen molar-refractivity contribution < 1.29 is 14.3 Å². The van der Waals surface area contributed by atoms with Gasteiger partial charge in [-0.05, 0) is 61.0 Å². The van der Waals surface area contributed by atoms with Gasteiger partial charge in [0, 0.05) is 17.1 Å². The lowest BCUT2D eigenvalue weighted by atomic mass is 10.2. The first kappa shape index (κ1) is 20.1. The van der Waals surface area contributed by atoms with E-state index in [4.69, 9.17) is 32.7 Å². The summed E-state index contributed by atoms with van der Waals surface area (Å²) in [4.78, 5) is 12.1. The monoisotopic (exact) mass is 415 g/mol. The lowest BCUT2D eigenvalue weighted by Crippen LogP contribution is -2.12. The fraction of sp³-hybridized carbons (Fsp3) is 0.136. The molecule has 0 radical (unpaired) electrons. The van der Waals surface area contributed by atoms with Crippen LogP contribution in [0.4, 0.5) is 5.69 Å². The Kier molecular flexibility index (Phi) is 7.18. The highest BCUT2D eigenvalue weighted by molar-refractivity contribution is 6.35. The molecular formula is C22H19Cl2NO3. The van der Waals surface area contributed by atoms with Gasteiger partial charge in [0.15, 0.2) is 0 Å². The molecule has 6 heteroatoms. The number of para-hydroxylation sites is 1. The van der Waals surface area contributed by atoms with E-state index >= 15 is 0 Å². The van der Waals surface area contributed by atoms with Crippen molar-refractivity contribution in [1.82, 2.24) is 0 Å². The number of hydrogen-bond donors (Lipinski definition) is 1. The fourth-order valence-corrected chi connectivity index (χ4v) is 2.92. The fourth-order valence-electron chi connectivity index (χ4n) is 2.46. The van der Waals surface area contributed by atoms with Crippen LogP contribution in [0, 0.1) is 0 Å². The summed E-state index contributed by atoms with van der Waals surface area (Å²) in [5, 5.41) is 3.86. The Morgan fingerprint density at radius 2 is 1.61 bits per heavy atom. The van der Waals surface area contributed by atoms with Gasteiger partial charge in [-0.3, -0.25) is 4.79 Å². The molecule has 0 aliphatic heterocycles. The maximum Gasteiger partial charge on any atom is 0.224 e. The molecule has 0 saturated heterocycles. The number of carbonyl (C=O) groups is 1. The van der Waals surface area contributed by atoms with Gasteiger partial charge in [0.05, 0.1) is 11.6 Å². The molecule has 0 spiro atoms. The maximum absolute atomic E-state index is 12.1. The van der Waals surface area contributed by atoms with Crippen molar-refractivity contribution in [2.75, 3.05) is 11.9 Å². The third-order valence-corrected chi connectivity index (χ3v) is 4.35. The zero-order chi connectivity index (χ0) is 19.8. The van der Waals surface area contributed by atoms with Crippen LogP contribution in [0.25, 0.3) is 0 Å². The minimum atomic E-state index is -0.0810. The van der Waals surface area contributed by atoms with Crippen LogP contribution >= 0.6 is 23.2 Å². The van der Waals surface area contributed by atoms with Crippen LogP contribution < -0.4 is 14.8 Å². The van der Waals surface area contributed by atoms with Crippen LogP contribution in [-0.2, 0) is 4.79 Å². The number of benzene rings is 3. The third-order valence-electron chi connectivity index (χ3n) is 3.82. The quantitative estimate of drug-likeness (QED) is 0.422. The topological polar surface area (TPSA) is 47.6 Å². The first-order chi connectivity index (χ1) is 13.6. The van der Waals surface area contributed by atoms with E-state index in [1.165, 1.54) is 0 Å². The minimum Gasteiger partial charge on any atom is -0.492 e. The number of amides is 1. The Morgan fingerprint density at radius 3 is 2.32 bits per heavy atom. The number of rotatable bonds is 8. The molecule has 3 aromatic carbocycles. The molecule has 0 atom stereocenters. The first-order valence-electron chi connectivity index (χ1n) is 8.81. The van der Waals surface area contributed by atoms with Crippen molar-refractivity contribution in [3.05, 3.63) is 82.8 Å². The predicted octanol–water partition coefficient (Wildman–Crippen LogP) is 6.58. The Bertz CT molecular complexity index is 915. The summed E-state index contributed by atoms with van der Waals surface area (Å²) in [6, 6.07) is 21.8. The second-order valence-electron chi connectivity index (χ2n) is 6.01. The minimum absolute atomic E-state index is 0.0810. The Hall–Kier alpha value is -2.69. The molecular weight excluding hydrogens is 397 g/mol. The van der Waals surface area contributed by atoms with Crippen molar-refractivity contribution in [3.8, 4) is 17.2 Å². The molecule has 0 fully saturated rings. The Morgan fingerprint density at radius 1 is 0.893 bits per heavy atom. The van der Waals surface area contributed by atoms with Gasteiger partial charge < -0.3 is 14.8 Å². The smallest absolute Gasteiger partial charge is 0.224 e. The molecule has 0 heterocycles.